The second-order valence-electron chi connectivity index (χ2n) is 8.17. The molecule has 0 atom stereocenters. The van der Waals surface area contributed by atoms with Crippen molar-refractivity contribution in [2.45, 2.75) is 18.4 Å². The molecule has 0 aliphatic rings. The van der Waals surface area contributed by atoms with Crippen LogP contribution in [0.4, 0.5) is 0 Å². The van der Waals surface area contributed by atoms with Gasteiger partial charge in [-0.3, -0.25) is 0 Å². The second kappa shape index (κ2) is 11.0. The van der Waals surface area contributed by atoms with Gasteiger partial charge in [0.2, 0.25) is 0 Å². The Kier molecular flexibility index (Phi) is 7.66. The molecule has 3 heteroatoms. The van der Waals surface area contributed by atoms with E-state index in [0.29, 0.717) is 6.61 Å². The van der Waals surface area contributed by atoms with E-state index >= 15 is 0 Å². The van der Waals surface area contributed by atoms with Crippen LogP contribution in [0.5, 0.6) is 11.5 Å². The van der Waals surface area contributed by atoms with E-state index in [1.807, 2.05) is 30.3 Å². The molecule has 0 aliphatic heterocycles. The highest BCUT2D eigenvalue weighted by Gasteiger charge is 2.37. The van der Waals surface area contributed by atoms with Gasteiger partial charge in [-0.15, -0.1) is 0 Å². The fourth-order valence-electron chi connectivity index (χ4n) is 4.27. The monoisotopic (exact) mass is 451 g/mol. The van der Waals surface area contributed by atoms with E-state index < -0.39 is 5.60 Å². The van der Waals surface area contributed by atoms with Gasteiger partial charge in [0.15, 0.2) is 0 Å². The van der Waals surface area contributed by atoms with E-state index in [9.17, 15) is 0 Å². The van der Waals surface area contributed by atoms with Crippen molar-refractivity contribution in [2.75, 3.05) is 20.8 Å². The fourth-order valence-corrected chi connectivity index (χ4v) is 4.27. The maximum atomic E-state index is 6.90. The van der Waals surface area contributed by atoms with Crippen molar-refractivity contribution in [2.24, 2.45) is 0 Å². The van der Waals surface area contributed by atoms with Crippen LogP contribution in [0.25, 0.3) is 0 Å². The lowest BCUT2D eigenvalue weighted by Crippen LogP contribution is -2.33. The molecular formula is C31H31O3. The Labute approximate surface area is 202 Å². The number of methoxy groups -OCH3 is 2. The zero-order chi connectivity index (χ0) is 23.8. The summed E-state index contributed by atoms with van der Waals surface area (Å²) in [5.74, 6) is 1.62. The van der Waals surface area contributed by atoms with Crippen LogP contribution in [0.1, 0.15) is 27.8 Å². The zero-order valence-corrected chi connectivity index (χ0v) is 19.9. The molecule has 3 nitrogen and oxygen atoms in total. The average molecular weight is 452 g/mol. The number of rotatable bonds is 10. The van der Waals surface area contributed by atoms with Crippen LogP contribution in [0, 0.1) is 6.92 Å². The molecule has 4 aromatic rings. The molecule has 0 amide bonds. The molecule has 0 saturated heterocycles. The predicted octanol–water partition coefficient (Wildman–Crippen LogP) is 6.63. The van der Waals surface area contributed by atoms with Gasteiger partial charge in [-0.25, -0.2) is 0 Å². The van der Waals surface area contributed by atoms with Crippen LogP contribution in [0.15, 0.2) is 103 Å². The molecule has 0 heterocycles. The minimum Gasteiger partial charge on any atom is -0.497 e. The highest BCUT2D eigenvalue weighted by Crippen LogP contribution is 2.41. The Morgan fingerprint density at radius 2 is 1.06 bits per heavy atom. The summed E-state index contributed by atoms with van der Waals surface area (Å²) in [6.07, 6.45) is 1.60. The topological polar surface area (TPSA) is 27.7 Å². The van der Waals surface area contributed by atoms with Crippen molar-refractivity contribution in [3.63, 3.8) is 0 Å². The summed E-state index contributed by atoms with van der Waals surface area (Å²) in [6.45, 7) is 4.52. The number of benzene rings is 4. The highest BCUT2D eigenvalue weighted by atomic mass is 16.5. The van der Waals surface area contributed by atoms with Crippen molar-refractivity contribution >= 4 is 0 Å². The van der Waals surface area contributed by atoms with E-state index in [-0.39, 0.29) is 0 Å². The lowest BCUT2D eigenvalue weighted by Gasteiger charge is -2.36. The number of ether oxygens (including phenoxy) is 3. The summed E-state index contributed by atoms with van der Waals surface area (Å²) in [5.41, 5.74) is 4.84. The summed E-state index contributed by atoms with van der Waals surface area (Å²) in [6, 6.07) is 35.2. The van der Waals surface area contributed by atoms with Crippen molar-refractivity contribution in [1.82, 2.24) is 0 Å². The number of hydrogen-bond donors (Lipinski definition) is 0. The zero-order valence-electron chi connectivity index (χ0n) is 19.9. The molecule has 0 fully saturated rings. The minimum atomic E-state index is -0.785. The van der Waals surface area contributed by atoms with Gasteiger partial charge >= 0.3 is 0 Å². The van der Waals surface area contributed by atoms with Crippen LogP contribution in [-0.4, -0.2) is 20.8 Å². The Morgan fingerprint density at radius 3 is 1.53 bits per heavy atom. The second-order valence-corrected chi connectivity index (χ2v) is 8.17. The molecular weight excluding hydrogens is 420 g/mol. The summed E-state index contributed by atoms with van der Waals surface area (Å²) >= 11 is 0. The third-order valence-electron chi connectivity index (χ3n) is 6.19. The van der Waals surface area contributed by atoms with E-state index in [0.717, 1.165) is 41.0 Å². The highest BCUT2D eigenvalue weighted by molar-refractivity contribution is 5.49. The molecule has 0 spiro atoms. The quantitative estimate of drug-likeness (QED) is 0.253. The first kappa shape index (κ1) is 23.6. The molecule has 4 rings (SSSR count). The van der Waals surface area contributed by atoms with Gasteiger partial charge in [0.05, 0.1) is 20.8 Å². The van der Waals surface area contributed by atoms with Gasteiger partial charge < -0.3 is 14.2 Å². The molecule has 0 unspecified atom stereocenters. The Morgan fingerprint density at radius 1 is 0.588 bits per heavy atom. The largest absolute Gasteiger partial charge is 0.497 e. The van der Waals surface area contributed by atoms with E-state index in [2.05, 4.69) is 79.7 Å². The lowest BCUT2D eigenvalue weighted by atomic mass is 9.80. The van der Waals surface area contributed by atoms with Gasteiger partial charge in [0.25, 0.3) is 0 Å². The molecule has 4 aromatic carbocycles. The third kappa shape index (κ3) is 5.00. The van der Waals surface area contributed by atoms with Gasteiger partial charge in [0.1, 0.15) is 17.1 Å². The normalized spacial score (nSPS) is 11.3. The van der Waals surface area contributed by atoms with Gasteiger partial charge in [0, 0.05) is 0 Å². The Balaban J connectivity index is 1.77. The van der Waals surface area contributed by atoms with Gasteiger partial charge in [-0.1, -0.05) is 78.9 Å². The summed E-state index contributed by atoms with van der Waals surface area (Å²) in [7, 11) is 3.36. The van der Waals surface area contributed by atoms with Gasteiger partial charge in [-0.2, -0.15) is 0 Å². The standard InChI is InChI=1S/C31H31O3/c1-4-24-10-12-25(13-11-24)22-23-34-31(26-8-6-5-7-9-26,27-14-18-29(32-2)19-15-27)28-16-20-30(33-3)21-17-28/h5-21H,1,4,22-23H2,2-3H3. The first-order valence-corrected chi connectivity index (χ1v) is 11.5. The van der Waals surface area contributed by atoms with Crippen LogP contribution in [0.2, 0.25) is 0 Å². The van der Waals surface area contributed by atoms with Crippen molar-refractivity contribution in [3.8, 4) is 11.5 Å². The summed E-state index contributed by atoms with van der Waals surface area (Å²) < 4.78 is 17.7. The Bertz CT molecular complexity index is 1100. The molecule has 0 aliphatic carbocycles. The molecule has 0 saturated carbocycles. The fraction of sp³-hybridized carbons (Fsp3) is 0.194. The minimum absolute atomic E-state index is 0.552. The molecule has 173 valence electrons. The molecule has 0 N–H and O–H groups in total. The van der Waals surface area contributed by atoms with E-state index in [4.69, 9.17) is 14.2 Å². The van der Waals surface area contributed by atoms with Crippen LogP contribution < -0.4 is 9.47 Å². The van der Waals surface area contributed by atoms with Crippen molar-refractivity contribution < 1.29 is 14.2 Å². The predicted molar refractivity (Wildman–Crippen MR) is 137 cm³/mol. The SMILES string of the molecule is [CH2]Cc1ccc(CCOC(c2ccccc2)(c2ccc(OC)cc2)c2ccc(OC)cc2)cc1. The van der Waals surface area contributed by atoms with Crippen LogP contribution >= 0.6 is 0 Å². The Hall–Kier alpha value is -3.56. The maximum Gasteiger partial charge on any atom is 0.143 e. The smallest absolute Gasteiger partial charge is 0.143 e. The van der Waals surface area contributed by atoms with E-state index in [1.165, 1.54) is 11.1 Å². The van der Waals surface area contributed by atoms with Crippen LogP contribution in [0.3, 0.4) is 0 Å². The van der Waals surface area contributed by atoms with Crippen molar-refractivity contribution in [3.05, 3.63) is 138 Å². The molecule has 1 radical (unpaired) electrons. The number of hydrogen-bond acceptors (Lipinski definition) is 3. The first-order chi connectivity index (χ1) is 16.7. The summed E-state index contributed by atoms with van der Waals surface area (Å²) in [4.78, 5) is 0. The van der Waals surface area contributed by atoms with Crippen LogP contribution in [-0.2, 0) is 23.2 Å². The van der Waals surface area contributed by atoms with E-state index in [1.54, 1.807) is 14.2 Å². The average Bonchev–Trinajstić information content (AvgIpc) is 2.92. The lowest BCUT2D eigenvalue weighted by molar-refractivity contribution is 0.0147. The maximum absolute atomic E-state index is 6.90. The van der Waals surface area contributed by atoms with Crippen molar-refractivity contribution in [1.29, 1.82) is 0 Å². The first-order valence-electron chi connectivity index (χ1n) is 11.5. The summed E-state index contributed by atoms with van der Waals surface area (Å²) in [5, 5.41) is 0. The third-order valence-corrected chi connectivity index (χ3v) is 6.19. The molecule has 34 heavy (non-hydrogen) atoms. The van der Waals surface area contributed by atoms with Gasteiger partial charge in [-0.05, 0) is 71.8 Å². The molecule has 0 bridgehead atoms. The molecule has 0 aromatic heterocycles.